The third kappa shape index (κ3) is 6.28. The molecule has 39 heavy (non-hydrogen) atoms. The van der Waals surface area contributed by atoms with Gasteiger partial charge >= 0.3 is 12.0 Å². The molecule has 2 aliphatic rings. The van der Waals surface area contributed by atoms with Gasteiger partial charge in [0.25, 0.3) is 0 Å². The van der Waals surface area contributed by atoms with Gasteiger partial charge in [-0.05, 0) is 75.1 Å². The predicted octanol–water partition coefficient (Wildman–Crippen LogP) is 6.17. The predicted molar refractivity (Wildman–Crippen MR) is 153 cm³/mol. The number of rotatable bonds is 7. The average molecular weight is 545 g/mol. The minimum atomic E-state index is -0.923. The van der Waals surface area contributed by atoms with Gasteiger partial charge in [-0.2, -0.15) is 0 Å². The van der Waals surface area contributed by atoms with Gasteiger partial charge in [-0.15, -0.1) is 0 Å². The van der Waals surface area contributed by atoms with Crippen molar-refractivity contribution in [3.63, 3.8) is 0 Å². The Kier molecular flexibility index (Phi) is 7.96. The highest BCUT2D eigenvalue weighted by Gasteiger charge is 2.46. The van der Waals surface area contributed by atoms with E-state index in [0.717, 1.165) is 54.5 Å². The van der Waals surface area contributed by atoms with Crippen molar-refractivity contribution < 1.29 is 14.7 Å². The molecule has 204 valence electrons. The van der Waals surface area contributed by atoms with E-state index in [1.165, 1.54) is 17.3 Å². The van der Waals surface area contributed by atoms with Gasteiger partial charge < -0.3 is 14.9 Å². The molecule has 0 unspecified atom stereocenters. The van der Waals surface area contributed by atoms with Crippen LogP contribution in [0.5, 0.6) is 0 Å². The Morgan fingerprint density at radius 1 is 1.00 bits per heavy atom. The number of amides is 2. The highest BCUT2D eigenvalue weighted by atomic mass is 32.2. The molecule has 0 aliphatic carbocycles. The minimum absolute atomic E-state index is 0.0871. The Morgan fingerprint density at radius 2 is 1.69 bits per heavy atom. The van der Waals surface area contributed by atoms with Crippen molar-refractivity contribution in [2.24, 2.45) is 0 Å². The molecule has 1 atom stereocenters. The number of piperidine rings is 1. The first-order chi connectivity index (χ1) is 18.7. The number of pyridine rings is 1. The molecule has 2 fully saturated rings. The molecule has 0 bridgehead atoms. The SMILES string of the molecule is CC(C)(C)N1C[C@@H](c2ccccc2)N(C2CCN(Cc3ccc(Sc4ccc(C(=O)O)cc4)nc3)CC2)C1=O. The van der Waals surface area contributed by atoms with Gasteiger partial charge in [-0.25, -0.2) is 14.6 Å². The Bertz CT molecular complexity index is 1280. The number of carbonyl (C=O) groups is 2. The first-order valence-electron chi connectivity index (χ1n) is 13.5. The van der Waals surface area contributed by atoms with E-state index in [0.29, 0.717) is 0 Å². The molecule has 2 amide bonds. The quantitative estimate of drug-likeness (QED) is 0.383. The molecule has 8 heteroatoms. The maximum Gasteiger partial charge on any atom is 0.335 e. The zero-order chi connectivity index (χ0) is 27.6. The van der Waals surface area contributed by atoms with Crippen molar-refractivity contribution in [1.29, 1.82) is 0 Å². The average Bonchev–Trinajstić information content (AvgIpc) is 3.29. The molecule has 7 nitrogen and oxygen atoms in total. The molecule has 1 N–H and O–H groups in total. The summed E-state index contributed by atoms with van der Waals surface area (Å²) in [5, 5.41) is 9.95. The normalized spacial score (nSPS) is 19.1. The number of urea groups is 1. The van der Waals surface area contributed by atoms with Crippen molar-refractivity contribution in [3.05, 3.63) is 89.6 Å². The van der Waals surface area contributed by atoms with Crippen LogP contribution in [-0.4, -0.2) is 68.0 Å². The molecule has 0 spiro atoms. The fourth-order valence-electron chi connectivity index (χ4n) is 5.49. The van der Waals surface area contributed by atoms with Gasteiger partial charge in [0.15, 0.2) is 0 Å². The van der Waals surface area contributed by atoms with Crippen molar-refractivity contribution in [1.82, 2.24) is 19.7 Å². The first kappa shape index (κ1) is 27.2. The van der Waals surface area contributed by atoms with Crippen LogP contribution < -0.4 is 0 Å². The van der Waals surface area contributed by atoms with Gasteiger partial charge in [-0.3, -0.25) is 4.90 Å². The van der Waals surface area contributed by atoms with Crippen LogP contribution in [0.4, 0.5) is 4.79 Å². The van der Waals surface area contributed by atoms with Crippen LogP contribution in [0.15, 0.2) is 82.8 Å². The van der Waals surface area contributed by atoms with Crippen molar-refractivity contribution in [2.45, 2.75) is 67.7 Å². The number of aromatic nitrogens is 1. The number of carbonyl (C=O) groups excluding carboxylic acids is 1. The molecule has 5 rings (SSSR count). The van der Waals surface area contributed by atoms with Crippen LogP contribution >= 0.6 is 11.8 Å². The molecule has 2 aliphatic heterocycles. The van der Waals surface area contributed by atoms with E-state index in [-0.39, 0.29) is 29.2 Å². The maximum atomic E-state index is 13.6. The van der Waals surface area contributed by atoms with E-state index in [1.54, 1.807) is 12.1 Å². The molecular weight excluding hydrogens is 508 g/mol. The Balaban J connectivity index is 1.19. The summed E-state index contributed by atoms with van der Waals surface area (Å²) in [6, 6.07) is 21.9. The maximum absolute atomic E-state index is 13.6. The highest BCUT2D eigenvalue weighted by Crippen LogP contribution is 2.37. The van der Waals surface area contributed by atoms with Gasteiger partial charge in [-0.1, -0.05) is 48.2 Å². The second-order valence-corrected chi connectivity index (χ2v) is 12.4. The standard InChI is InChI=1S/C31H36N4O3S/c1-31(2,3)34-21-27(23-7-5-4-6-8-23)35(30(34)38)25-15-17-33(18-16-25)20-22-9-14-28(32-19-22)39-26-12-10-24(11-13-26)29(36)37/h4-14,19,25,27H,15-18,20-21H2,1-3H3,(H,36,37)/t27-/m0/s1. The minimum Gasteiger partial charge on any atom is -0.478 e. The first-order valence-corrected chi connectivity index (χ1v) is 14.3. The fourth-order valence-corrected chi connectivity index (χ4v) is 6.24. The van der Waals surface area contributed by atoms with E-state index in [1.807, 2.05) is 35.4 Å². The second kappa shape index (κ2) is 11.4. The number of carboxylic acid groups (broad SMARTS) is 1. The van der Waals surface area contributed by atoms with Gasteiger partial charge in [0.05, 0.1) is 11.6 Å². The zero-order valence-electron chi connectivity index (χ0n) is 22.8. The lowest BCUT2D eigenvalue weighted by Gasteiger charge is -2.39. The summed E-state index contributed by atoms with van der Waals surface area (Å²) in [5.41, 5.74) is 2.45. The number of aromatic carboxylic acids is 1. The number of hydrogen-bond acceptors (Lipinski definition) is 5. The van der Waals surface area contributed by atoms with Crippen LogP contribution in [0, 0.1) is 0 Å². The number of nitrogens with zero attached hydrogens (tertiary/aromatic N) is 4. The summed E-state index contributed by atoms with van der Waals surface area (Å²) >= 11 is 1.52. The van der Waals surface area contributed by atoms with E-state index in [9.17, 15) is 9.59 Å². The Labute approximate surface area is 234 Å². The number of hydrogen-bond donors (Lipinski definition) is 1. The molecule has 3 aromatic rings. The van der Waals surface area contributed by atoms with Crippen molar-refractivity contribution in [2.75, 3.05) is 19.6 Å². The topological polar surface area (TPSA) is 77.0 Å². The smallest absolute Gasteiger partial charge is 0.335 e. The summed E-state index contributed by atoms with van der Waals surface area (Å²) in [5.74, 6) is -0.923. The van der Waals surface area contributed by atoms with E-state index in [4.69, 9.17) is 5.11 Å². The number of carboxylic acids is 1. The summed E-state index contributed by atoms with van der Waals surface area (Å²) in [4.78, 5) is 36.9. The summed E-state index contributed by atoms with van der Waals surface area (Å²) in [6.07, 6.45) is 3.85. The van der Waals surface area contributed by atoms with Crippen LogP contribution in [0.25, 0.3) is 0 Å². The zero-order valence-corrected chi connectivity index (χ0v) is 23.6. The number of benzene rings is 2. The molecule has 1 aromatic heterocycles. The van der Waals surface area contributed by atoms with Crippen LogP contribution in [0.2, 0.25) is 0 Å². The van der Waals surface area contributed by atoms with Crippen molar-refractivity contribution >= 4 is 23.8 Å². The summed E-state index contributed by atoms with van der Waals surface area (Å²) in [7, 11) is 0. The third-order valence-corrected chi connectivity index (χ3v) is 8.57. The number of likely N-dealkylation sites (tertiary alicyclic amines) is 1. The van der Waals surface area contributed by atoms with Gasteiger partial charge in [0, 0.05) is 48.9 Å². The lowest BCUT2D eigenvalue weighted by molar-refractivity contribution is 0.0696. The van der Waals surface area contributed by atoms with E-state index in [2.05, 4.69) is 65.9 Å². The lowest BCUT2D eigenvalue weighted by Crippen LogP contribution is -2.49. The molecule has 2 saturated heterocycles. The van der Waals surface area contributed by atoms with Gasteiger partial charge in [0.2, 0.25) is 0 Å². The molecule has 0 saturated carbocycles. The Hall–Kier alpha value is -3.36. The highest BCUT2D eigenvalue weighted by molar-refractivity contribution is 7.99. The van der Waals surface area contributed by atoms with Crippen LogP contribution in [-0.2, 0) is 6.54 Å². The largest absolute Gasteiger partial charge is 0.478 e. The molecule has 0 radical (unpaired) electrons. The fraction of sp³-hybridized carbons (Fsp3) is 0.387. The third-order valence-electron chi connectivity index (χ3n) is 7.62. The van der Waals surface area contributed by atoms with Gasteiger partial charge in [0.1, 0.15) is 5.03 Å². The molecule has 2 aromatic carbocycles. The van der Waals surface area contributed by atoms with Crippen LogP contribution in [0.3, 0.4) is 0 Å². The lowest BCUT2D eigenvalue weighted by atomic mass is 9.98. The van der Waals surface area contributed by atoms with E-state index < -0.39 is 5.97 Å². The molecule has 3 heterocycles. The van der Waals surface area contributed by atoms with E-state index >= 15 is 0 Å². The second-order valence-electron chi connectivity index (χ2n) is 11.3. The summed E-state index contributed by atoms with van der Waals surface area (Å²) < 4.78 is 0. The molecular formula is C31H36N4O3S. The van der Waals surface area contributed by atoms with Crippen LogP contribution in [0.1, 0.15) is 61.1 Å². The monoisotopic (exact) mass is 544 g/mol. The summed E-state index contributed by atoms with van der Waals surface area (Å²) in [6.45, 7) is 9.80. The Morgan fingerprint density at radius 3 is 2.28 bits per heavy atom. The van der Waals surface area contributed by atoms with Crippen molar-refractivity contribution in [3.8, 4) is 0 Å².